The maximum absolute atomic E-state index is 10.5. The van der Waals surface area contributed by atoms with Crippen molar-refractivity contribution in [2.45, 2.75) is 73.3 Å². The van der Waals surface area contributed by atoms with Gasteiger partial charge in [0, 0.05) is 10.8 Å². The molecule has 0 radical (unpaired) electrons. The minimum Gasteiger partial charge on any atom is -0.508 e. The molecular weight excluding hydrogens is 348 g/mol. The molecule has 0 aliphatic heterocycles. The zero-order chi connectivity index (χ0) is 21.8. The van der Waals surface area contributed by atoms with Crippen molar-refractivity contribution in [1.82, 2.24) is 0 Å². The van der Waals surface area contributed by atoms with Gasteiger partial charge in [-0.25, -0.2) is 0 Å². The topological polar surface area (TPSA) is 46.5 Å². The predicted octanol–water partition coefficient (Wildman–Crippen LogP) is 6.52. The highest BCUT2D eigenvalue weighted by atomic mass is 16.5. The highest BCUT2D eigenvalue weighted by Crippen LogP contribution is 2.33. The Morgan fingerprint density at radius 3 is 1.43 bits per heavy atom. The van der Waals surface area contributed by atoms with Gasteiger partial charge in [0.25, 0.3) is 0 Å². The number of ether oxygens (including phenoxy) is 1. The molecule has 3 nitrogen and oxygen atoms in total. The third-order valence-corrected chi connectivity index (χ3v) is 4.65. The second-order valence-corrected chi connectivity index (χ2v) is 9.72. The van der Waals surface area contributed by atoms with Crippen molar-refractivity contribution in [3.63, 3.8) is 0 Å². The molecule has 0 aliphatic rings. The summed E-state index contributed by atoms with van der Waals surface area (Å²) in [6.07, 6.45) is 0. The van der Waals surface area contributed by atoms with E-state index in [4.69, 9.17) is 4.74 Å². The third kappa shape index (κ3) is 7.38. The van der Waals surface area contributed by atoms with Crippen molar-refractivity contribution in [3.05, 3.63) is 59.7 Å². The Morgan fingerprint density at radius 2 is 1.11 bits per heavy atom. The average Bonchev–Trinajstić information content (AvgIpc) is 2.54. The number of carbonyl (C=O) groups excluding carboxylic acids is 1. The van der Waals surface area contributed by atoms with Gasteiger partial charge in [0.15, 0.2) is 0 Å². The van der Waals surface area contributed by atoms with E-state index in [1.807, 2.05) is 65.8 Å². The van der Waals surface area contributed by atoms with Crippen molar-refractivity contribution in [3.8, 4) is 11.5 Å². The van der Waals surface area contributed by atoms with Crippen LogP contribution in [0.2, 0.25) is 0 Å². The summed E-state index contributed by atoms with van der Waals surface area (Å²) in [7, 11) is 0. The fourth-order valence-corrected chi connectivity index (χ4v) is 2.34. The lowest BCUT2D eigenvalue weighted by Gasteiger charge is -2.27. The Kier molecular flexibility index (Phi) is 7.47. The summed E-state index contributed by atoms with van der Waals surface area (Å²) in [5.41, 5.74) is 1.95. The van der Waals surface area contributed by atoms with E-state index in [2.05, 4.69) is 26.0 Å². The van der Waals surface area contributed by atoms with E-state index in [-0.39, 0.29) is 22.2 Å². The maximum atomic E-state index is 10.5. The molecule has 0 spiro atoms. The molecule has 0 amide bonds. The lowest BCUT2D eigenvalue weighted by atomic mass is 9.78. The summed E-state index contributed by atoms with van der Waals surface area (Å²) >= 11 is 0. The van der Waals surface area contributed by atoms with Gasteiger partial charge in [0.2, 0.25) is 0 Å². The van der Waals surface area contributed by atoms with Crippen LogP contribution in [-0.4, -0.2) is 16.5 Å². The number of rotatable bonds is 3. The molecule has 1 N–H and O–H groups in total. The first-order valence-corrected chi connectivity index (χ1v) is 9.73. The van der Waals surface area contributed by atoms with Gasteiger partial charge in [0.05, 0.1) is 0 Å². The Balaban J connectivity index is 0.000000480. The van der Waals surface area contributed by atoms with E-state index < -0.39 is 0 Å². The minimum atomic E-state index is -0.187. The SMILES string of the molecule is CC(=O)C(C)(C)C.CC(C)(C)Oc1ccc(C(C)(C)c2ccc(O)cc2)cc1. The second-order valence-electron chi connectivity index (χ2n) is 9.72. The molecule has 154 valence electrons. The lowest BCUT2D eigenvalue weighted by molar-refractivity contribution is -0.124. The van der Waals surface area contributed by atoms with Crippen LogP contribution in [0, 0.1) is 5.41 Å². The first-order chi connectivity index (χ1) is 12.6. The van der Waals surface area contributed by atoms with Crippen LogP contribution in [0.1, 0.15) is 73.4 Å². The Labute approximate surface area is 170 Å². The fraction of sp³-hybridized carbons (Fsp3) is 0.480. The normalized spacial score (nSPS) is 12.0. The van der Waals surface area contributed by atoms with Crippen molar-refractivity contribution >= 4 is 5.78 Å². The van der Waals surface area contributed by atoms with E-state index in [9.17, 15) is 9.90 Å². The Bertz CT molecular complexity index is 755. The number of phenols is 1. The number of ketones is 1. The molecule has 0 aliphatic carbocycles. The predicted molar refractivity (Wildman–Crippen MR) is 117 cm³/mol. The first kappa shape index (κ1) is 23.7. The minimum absolute atomic E-state index is 0.117. The largest absolute Gasteiger partial charge is 0.508 e. The molecular formula is C25H36O3. The molecule has 0 unspecified atom stereocenters. The van der Waals surface area contributed by atoms with Gasteiger partial charge in [-0.2, -0.15) is 0 Å². The molecule has 0 aromatic heterocycles. The number of hydrogen-bond acceptors (Lipinski definition) is 3. The molecule has 0 heterocycles. The molecule has 0 atom stereocenters. The molecule has 2 aromatic rings. The molecule has 28 heavy (non-hydrogen) atoms. The summed E-state index contributed by atoms with van der Waals surface area (Å²) in [6, 6.07) is 15.6. The van der Waals surface area contributed by atoms with E-state index in [1.165, 1.54) is 11.1 Å². The highest BCUT2D eigenvalue weighted by Gasteiger charge is 2.23. The van der Waals surface area contributed by atoms with Crippen LogP contribution < -0.4 is 4.74 Å². The lowest BCUT2D eigenvalue weighted by Crippen LogP contribution is -2.23. The molecule has 0 saturated heterocycles. The first-order valence-electron chi connectivity index (χ1n) is 9.73. The van der Waals surface area contributed by atoms with Gasteiger partial charge < -0.3 is 9.84 Å². The van der Waals surface area contributed by atoms with E-state index >= 15 is 0 Å². The van der Waals surface area contributed by atoms with Gasteiger partial charge >= 0.3 is 0 Å². The number of phenolic OH excluding ortho intramolecular Hbond substituents is 1. The Hall–Kier alpha value is -2.29. The fourth-order valence-electron chi connectivity index (χ4n) is 2.34. The molecule has 3 heteroatoms. The van der Waals surface area contributed by atoms with E-state index in [0.717, 1.165) is 5.75 Å². The quantitative estimate of drug-likeness (QED) is 0.655. The maximum Gasteiger partial charge on any atom is 0.135 e. The van der Waals surface area contributed by atoms with Crippen LogP contribution in [0.5, 0.6) is 11.5 Å². The van der Waals surface area contributed by atoms with Crippen molar-refractivity contribution in [2.75, 3.05) is 0 Å². The van der Waals surface area contributed by atoms with Crippen LogP contribution in [0.15, 0.2) is 48.5 Å². The molecule has 2 rings (SSSR count). The standard InChI is InChI=1S/C19H24O2.C6H12O/c1-18(2,3)21-17-12-8-15(9-13-17)19(4,5)14-6-10-16(20)11-7-14;1-5(7)6(2,3)4/h6-13,20H,1-5H3;1-4H3. The Morgan fingerprint density at radius 1 is 0.750 bits per heavy atom. The van der Waals surface area contributed by atoms with Gasteiger partial charge in [-0.1, -0.05) is 58.9 Å². The van der Waals surface area contributed by atoms with Crippen LogP contribution in [0.3, 0.4) is 0 Å². The van der Waals surface area contributed by atoms with Crippen LogP contribution in [0.4, 0.5) is 0 Å². The highest BCUT2D eigenvalue weighted by molar-refractivity contribution is 5.80. The summed E-state index contributed by atoms with van der Waals surface area (Å²) in [5, 5.41) is 9.42. The summed E-state index contributed by atoms with van der Waals surface area (Å²) in [5.74, 6) is 1.42. The molecule has 2 aromatic carbocycles. The third-order valence-electron chi connectivity index (χ3n) is 4.65. The molecule has 0 saturated carbocycles. The van der Waals surface area contributed by atoms with Crippen molar-refractivity contribution in [1.29, 1.82) is 0 Å². The summed E-state index contributed by atoms with van der Waals surface area (Å²) in [4.78, 5) is 10.5. The number of carbonyl (C=O) groups is 1. The van der Waals surface area contributed by atoms with Gasteiger partial charge in [-0.05, 0) is 63.1 Å². The zero-order valence-corrected chi connectivity index (χ0v) is 18.9. The number of aromatic hydroxyl groups is 1. The number of benzene rings is 2. The van der Waals surface area contributed by atoms with E-state index in [0.29, 0.717) is 5.75 Å². The zero-order valence-electron chi connectivity index (χ0n) is 18.9. The monoisotopic (exact) mass is 384 g/mol. The van der Waals surface area contributed by atoms with Gasteiger partial charge in [-0.3, -0.25) is 4.79 Å². The molecule has 0 bridgehead atoms. The molecule has 0 fully saturated rings. The van der Waals surface area contributed by atoms with Crippen molar-refractivity contribution in [2.24, 2.45) is 5.41 Å². The average molecular weight is 385 g/mol. The van der Waals surface area contributed by atoms with Crippen molar-refractivity contribution < 1.29 is 14.6 Å². The smallest absolute Gasteiger partial charge is 0.135 e. The summed E-state index contributed by atoms with van der Waals surface area (Å²) in [6.45, 7) is 17.8. The van der Waals surface area contributed by atoms with Crippen LogP contribution in [0.25, 0.3) is 0 Å². The van der Waals surface area contributed by atoms with E-state index in [1.54, 1.807) is 19.1 Å². The van der Waals surface area contributed by atoms with Crippen LogP contribution in [-0.2, 0) is 10.2 Å². The van der Waals surface area contributed by atoms with Gasteiger partial charge in [0.1, 0.15) is 22.9 Å². The second kappa shape index (κ2) is 8.81. The summed E-state index contributed by atoms with van der Waals surface area (Å²) < 4.78 is 5.86. The van der Waals surface area contributed by atoms with Crippen LogP contribution >= 0.6 is 0 Å². The van der Waals surface area contributed by atoms with Gasteiger partial charge in [-0.15, -0.1) is 0 Å². The number of hydrogen-bond donors (Lipinski definition) is 1. The number of Topliss-reactive ketones (excluding diaryl/α,β-unsaturated/α-hetero) is 1.